The minimum atomic E-state index is -1.24. The average Bonchev–Trinajstić information content (AvgIpc) is 2.10. The zero-order chi connectivity index (χ0) is 10.7. The van der Waals surface area contributed by atoms with E-state index >= 15 is 0 Å². The number of carbonyl (C=O) groups is 1. The van der Waals surface area contributed by atoms with Crippen LogP contribution in [0.3, 0.4) is 0 Å². The lowest BCUT2D eigenvalue weighted by Gasteiger charge is -2.03. The van der Waals surface area contributed by atoms with Crippen LogP contribution in [0, 0.1) is 6.92 Å². The van der Waals surface area contributed by atoms with Gasteiger partial charge in [0.2, 0.25) is 0 Å². The number of carboxylic acids is 1. The van der Waals surface area contributed by atoms with Gasteiger partial charge in [0.15, 0.2) is 0 Å². The van der Waals surface area contributed by atoms with Gasteiger partial charge in [-0.15, -0.1) is 6.58 Å². The minimum Gasteiger partial charge on any atom is -0.477 e. The van der Waals surface area contributed by atoms with Crippen molar-refractivity contribution in [2.24, 2.45) is 0 Å². The maximum atomic E-state index is 11.4. The van der Waals surface area contributed by atoms with E-state index in [1.807, 2.05) is 0 Å². The summed E-state index contributed by atoms with van der Waals surface area (Å²) in [5.74, 6) is -1.24. The quantitative estimate of drug-likeness (QED) is 0.708. The van der Waals surface area contributed by atoms with E-state index in [1.165, 1.54) is 12.1 Å². The highest BCUT2D eigenvalue weighted by molar-refractivity contribution is 5.87. The fourth-order valence-corrected chi connectivity index (χ4v) is 1.07. The molecule has 0 saturated carbocycles. The Morgan fingerprint density at radius 3 is 2.93 bits per heavy atom. The molecule has 74 valence electrons. The number of carboxylic acid groups (broad SMARTS) is 1. The van der Waals surface area contributed by atoms with Crippen molar-refractivity contribution in [1.82, 2.24) is 9.78 Å². The van der Waals surface area contributed by atoms with Crippen LogP contribution >= 0.6 is 0 Å². The van der Waals surface area contributed by atoms with Gasteiger partial charge in [0.05, 0.1) is 12.2 Å². The van der Waals surface area contributed by atoms with Gasteiger partial charge in [-0.2, -0.15) is 5.10 Å². The molecule has 0 bridgehead atoms. The van der Waals surface area contributed by atoms with E-state index in [2.05, 4.69) is 11.7 Å². The lowest BCUT2D eigenvalue weighted by Crippen LogP contribution is -2.28. The number of aromatic nitrogens is 2. The van der Waals surface area contributed by atoms with E-state index in [0.29, 0.717) is 5.69 Å². The van der Waals surface area contributed by atoms with Crippen LogP contribution in [0.2, 0.25) is 0 Å². The summed E-state index contributed by atoms with van der Waals surface area (Å²) in [5, 5.41) is 12.6. The average molecular weight is 194 g/mol. The van der Waals surface area contributed by atoms with Gasteiger partial charge in [0.1, 0.15) is 5.56 Å². The Hall–Kier alpha value is -1.91. The van der Waals surface area contributed by atoms with Crippen LogP contribution in [0.4, 0.5) is 0 Å². The fourth-order valence-electron chi connectivity index (χ4n) is 1.07. The second-order valence-corrected chi connectivity index (χ2v) is 2.78. The number of aromatic carboxylic acids is 1. The van der Waals surface area contributed by atoms with Crippen LogP contribution in [0.25, 0.3) is 0 Å². The van der Waals surface area contributed by atoms with E-state index < -0.39 is 11.5 Å². The summed E-state index contributed by atoms with van der Waals surface area (Å²) in [6.07, 6.45) is 1.49. The van der Waals surface area contributed by atoms with E-state index in [-0.39, 0.29) is 12.1 Å². The SMILES string of the molecule is C=CCn1nc(C)cc(C(=O)O)c1=O. The summed E-state index contributed by atoms with van der Waals surface area (Å²) in [7, 11) is 0. The number of aryl methyl sites for hydroxylation is 1. The molecule has 1 N–H and O–H groups in total. The number of hydrogen-bond acceptors (Lipinski definition) is 3. The van der Waals surface area contributed by atoms with Crippen LogP contribution in [0.1, 0.15) is 16.1 Å². The lowest BCUT2D eigenvalue weighted by atomic mass is 10.2. The van der Waals surface area contributed by atoms with Crippen molar-refractivity contribution in [2.75, 3.05) is 0 Å². The molecule has 0 amide bonds. The summed E-state index contributed by atoms with van der Waals surface area (Å²) in [6, 6.07) is 1.25. The van der Waals surface area contributed by atoms with E-state index in [0.717, 1.165) is 4.68 Å². The molecule has 14 heavy (non-hydrogen) atoms. The van der Waals surface area contributed by atoms with Crippen molar-refractivity contribution >= 4 is 5.97 Å². The Kier molecular flexibility index (Phi) is 2.81. The van der Waals surface area contributed by atoms with Gasteiger partial charge < -0.3 is 5.11 Å². The van der Waals surface area contributed by atoms with Gasteiger partial charge in [-0.1, -0.05) is 6.08 Å². The highest BCUT2D eigenvalue weighted by Gasteiger charge is 2.11. The summed E-state index contributed by atoms with van der Waals surface area (Å²) < 4.78 is 1.08. The maximum absolute atomic E-state index is 11.4. The molecule has 5 heteroatoms. The molecule has 0 aliphatic rings. The molecule has 0 aliphatic heterocycles. The largest absolute Gasteiger partial charge is 0.477 e. The first-order valence-corrected chi connectivity index (χ1v) is 3.99. The minimum absolute atomic E-state index is 0.209. The zero-order valence-corrected chi connectivity index (χ0v) is 7.73. The van der Waals surface area contributed by atoms with Crippen LogP contribution < -0.4 is 5.56 Å². The van der Waals surface area contributed by atoms with Crippen LogP contribution in [0.15, 0.2) is 23.5 Å². The van der Waals surface area contributed by atoms with Crippen molar-refractivity contribution < 1.29 is 9.90 Å². The normalized spacial score (nSPS) is 9.79. The molecule has 0 unspecified atom stereocenters. The zero-order valence-electron chi connectivity index (χ0n) is 7.73. The first kappa shape index (κ1) is 10.2. The van der Waals surface area contributed by atoms with Gasteiger partial charge in [-0.25, -0.2) is 9.48 Å². The van der Waals surface area contributed by atoms with Crippen LogP contribution in [0.5, 0.6) is 0 Å². The molecule has 1 aromatic rings. The number of hydrogen-bond donors (Lipinski definition) is 1. The Morgan fingerprint density at radius 1 is 1.79 bits per heavy atom. The molecule has 0 radical (unpaired) electrons. The number of nitrogens with zero attached hydrogens (tertiary/aromatic N) is 2. The molecule has 0 fully saturated rings. The first-order valence-electron chi connectivity index (χ1n) is 3.99. The summed E-state index contributed by atoms with van der Waals surface area (Å²) >= 11 is 0. The van der Waals surface area contributed by atoms with E-state index in [4.69, 9.17) is 5.11 Å². The third-order valence-electron chi connectivity index (χ3n) is 1.63. The van der Waals surface area contributed by atoms with Crippen molar-refractivity contribution in [2.45, 2.75) is 13.5 Å². The Balaban J connectivity index is 3.39. The lowest BCUT2D eigenvalue weighted by molar-refractivity contribution is 0.0693. The highest BCUT2D eigenvalue weighted by Crippen LogP contribution is 1.95. The maximum Gasteiger partial charge on any atom is 0.341 e. The van der Waals surface area contributed by atoms with Gasteiger partial charge in [-0.3, -0.25) is 4.79 Å². The molecular formula is C9H10N2O3. The van der Waals surface area contributed by atoms with Gasteiger partial charge in [0.25, 0.3) is 5.56 Å². The second-order valence-electron chi connectivity index (χ2n) is 2.78. The van der Waals surface area contributed by atoms with Crippen molar-refractivity contribution in [3.05, 3.63) is 40.3 Å². The van der Waals surface area contributed by atoms with Gasteiger partial charge in [-0.05, 0) is 13.0 Å². The van der Waals surface area contributed by atoms with Crippen LogP contribution in [-0.2, 0) is 6.54 Å². The smallest absolute Gasteiger partial charge is 0.341 e. The number of allylic oxidation sites excluding steroid dienone is 1. The summed E-state index contributed by atoms with van der Waals surface area (Å²) in [6.45, 7) is 5.29. The van der Waals surface area contributed by atoms with Crippen LogP contribution in [-0.4, -0.2) is 20.9 Å². The molecular weight excluding hydrogens is 184 g/mol. The predicted octanol–water partition coefficient (Wildman–Crippen LogP) is 0.436. The monoisotopic (exact) mass is 194 g/mol. The van der Waals surface area contributed by atoms with Gasteiger partial charge in [0, 0.05) is 0 Å². The fraction of sp³-hybridized carbons (Fsp3) is 0.222. The molecule has 5 nitrogen and oxygen atoms in total. The molecule has 0 saturated heterocycles. The van der Waals surface area contributed by atoms with Gasteiger partial charge >= 0.3 is 5.97 Å². The standard InChI is InChI=1S/C9H10N2O3/c1-3-4-11-8(12)7(9(13)14)5-6(2)10-11/h3,5H,1,4H2,2H3,(H,13,14). The van der Waals surface area contributed by atoms with E-state index in [1.54, 1.807) is 6.92 Å². The Morgan fingerprint density at radius 2 is 2.43 bits per heavy atom. The molecule has 1 aromatic heterocycles. The summed E-state index contributed by atoms with van der Waals surface area (Å²) in [4.78, 5) is 22.1. The number of rotatable bonds is 3. The predicted molar refractivity (Wildman–Crippen MR) is 50.4 cm³/mol. The molecule has 0 atom stereocenters. The third kappa shape index (κ3) is 1.87. The Labute approximate surface area is 80.3 Å². The molecule has 1 heterocycles. The Bertz CT molecular complexity index is 434. The van der Waals surface area contributed by atoms with Crippen molar-refractivity contribution in [3.8, 4) is 0 Å². The second kappa shape index (κ2) is 3.87. The molecule has 1 rings (SSSR count). The van der Waals surface area contributed by atoms with Crippen molar-refractivity contribution in [3.63, 3.8) is 0 Å². The van der Waals surface area contributed by atoms with E-state index in [9.17, 15) is 9.59 Å². The highest BCUT2D eigenvalue weighted by atomic mass is 16.4. The topological polar surface area (TPSA) is 72.2 Å². The third-order valence-corrected chi connectivity index (χ3v) is 1.63. The first-order chi connectivity index (χ1) is 6.56. The molecule has 0 aromatic carbocycles. The summed E-state index contributed by atoms with van der Waals surface area (Å²) in [5.41, 5.74) is -0.383. The van der Waals surface area contributed by atoms with Crippen molar-refractivity contribution in [1.29, 1.82) is 0 Å². The molecule has 0 spiro atoms. The molecule has 0 aliphatic carbocycles.